The molecule has 0 aliphatic carbocycles. The molecule has 2 rings (SSSR count). The molecule has 1 aromatic rings. The van der Waals surface area contributed by atoms with Crippen LogP contribution in [0.5, 0.6) is 11.5 Å². The van der Waals surface area contributed by atoms with Gasteiger partial charge in [0.1, 0.15) is 13.2 Å². The number of ether oxygens (including phenoxy) is 2. The molecule has 1 aromatic heterocycles. The highest BCUT2D eigenvalue weighted by Gasteiger charge is 2.09. The average molecular weight is 142 g/mol. The van der Waals surface area contributed by atoms with Crippen LogP contribution in [0.3, 0.4) is 0 Å². The summed E-state index contributed by atoms with van der Waals surface area (Å²) in [5.74, 6) is 6.02. The van der Waals surface area contributed by atoms with Gasteiger partial charge >= 0.3 is 0 Å². The second-order valence-corrected chi connectivity index (χ2v) is 2.79. The normalized spacial score (nSPS) is 15.6. The summed E-state index contributed by atoms with van der Waals surface area (Å²) in [6.45, 7) is 1.40. The van der Waals surface area contributed by atoms with Crippen molar-refractivity contribution in [3.05, 3.63) is 11.6 Å². The highest BCUT2D eigenvalue weighted by molar-refractivity contribution is 7.28. The van der Waals surface area contributed by atoms with E-state index in [4.69, 9.17) is 9.47 Å². The third-order valence-electron chi connectivity index (χ3n) is 1.27. The Hall–Kier alpha value is -0.620. The van der Waals surface area contributed by atoms with Gasteiger partial charge in [-0.15, -0.1) is 8.19 Å². The van der Waals surface area contributed by atoms with Crippen LogP contribution < -0.4 is 9.47 Å². The van der Waals surface area contributed by atoms with Gasteiger partial charge in [0.25, 0.3) is 0 Å². The third-order valence-corrected chi connectivity index (χ3v) is 2.13. The van der Waals surface area contributed by atoms with Crippen molar-refractivity contribution < 1.29 is 9.47 Å². The zero-order valence-corrected chi connectivity index (χ0v) is 5.89. The lowest BCUT2D eigenvalue weighted by atomic mass is 10.5. The van der Waals surface area contributed by atoms with Gasteiger partial charge in [0.15, 0.2) is 11.5 Å². The van der Waals surface area contributed by atoms with E-state index in [-0.39, 0.29) is 0 Å². The molecule has 0 fully saturated rings. The van der Waals surface area contributed by atoms with Crippen LogP contribution in [0.2, 0.25) is 0 Å². The Morgan fingerprint density at radius 1 is 1.11 bits per heavy atom. The van der Waals surface area contributed by atoms with E-state index in [0.29, 0.717) is 13.2 Å². The number of hydrogen-bond donors (Lipinski definition) is 0. The summed E-state index contributed by atoms with van der Waals surface area (Å²) < 4.78 is 10.6. The van der Waals surface area contributed by atoms with Gasteiger partial charge in [0.05, 0.1) is 0 Å². The predicted octanol–water partition coefficient (Wildman–Crippen LogP) is 1.49. The van der Waals surface area contributed by atoms with Crippen LogP contribution in [0.1, 0.15) is 0 Å². The maximum absolute atomic E-state index is 5.28. The molecule has 0 amide bonds. The van der Waals surface area contributed by atoms with Gasteiger partial charge in [0.2, 0.25) is 0 Å². The summed E-state index contributed by atoms with van der Waals surface area (Å²) in [5.41, 5.74) is 0. The summed E-state index contributed by atoms with van der Waals surface area (Å²) in [6.07, 6.45) is 0. The molecule has 0 saturated heterocycles. The van der Waals surface area contributed by atoms with Crippen LogP contribution in [-0.2, 0) is 0 Å². The Kier molecular flexibility index (Phi) is 1.13. The van der Waals surface area contributed by atoms with E-state index >= 15 is 0 Å². The first-order valence-corrected chi connectivity index (χ1v) is 4.04. The van der Waals surface area contributed by atoms with Gasteiger partial charge in [-0.25, -0.2) is 0 Å². The van der Waals surface area contributed by atoms with Crippen LogP contribution in [0.4, 0.5) is 0 Å². The van der Waals surface area contributed by atoms with Crippen molar-refractivity contribution in [2.45, 2.75) is 0 Å². The molecule has 0 N–H and O–H groups in total. The lowest BCUT2D eigenvalue weighted by Gasteiger charge is -2.13. The van der Waals surface area contributed by atoms with Gasteiger partial charge < -0.3 is 9.47 Å². The zero-order valence-electron chi connectivity index (χ0n) is 4.89. The number of rotatable bonds is 0. The maximum Gasteiger partial charge on any atom is 0.165 e. The minimum atomic E-state index is 0.702. The summed E-state index contributed by atoms with van der Waals surface area (Å²) >= 11 is 0. The van der Waals surface area contributed by atoms with Crippen LogP contribution in [0.25, 0.3) is 0 Å². The Bertz CT molecular complexity index is 186. The first-order valence-electron chi connectivity index (χ1n) is 2.89. The molecule has 9 heavy (non-hydrogen) atoms. The van der Waals surface area contributed by atoms with Crippen molar-refractivity contribution in [1.29, 1.82) is 0 Å². The van der Waals surface area contributed by atoms with E-state index < -0.39 is 0 Å². The molecule has 0 spiro atoms. The van der Waals surface area contributed by atoms with Crippen LogP contribution in [-0.4, -0.2) is 13.2 Å². The highest BCUT2D eigenvalue weighted by Crippen LogP contribution is 2.35. The van der Waals surface area contributed by atoms with Crippen molar-refractivity contribution in [1.82, 2.24) is 0 Å². The largest absolute Gasteiger partial charge is 0.486 e. The number of hydrogen-bond acceptors (Lipinski definition) is 2. The Morgan fingerprint density at radius 2 is 1.67 bits per heavy atom. The van der Waals surface area contributed by atoms with Crippen molar-refractivity contribution >= 4 is 8.19 Å². The van der Waals surface area contributed by atoms with Gasteiger partial charge in [-0.05, 0) is 0 Å². The van der Waals surface area contributed by atoms with Crippen LogP contribution in [0.15, 0.2) is 11.6 Å². The van der Waals surface area contributed by atoms with E-state index in [9.17, 15) is 0 Å². The summed E-state index contributed by atoms with van der Waals surface area (Å²) in [7, 11) is 0.749. The standard InChI is InChI=1S/C6H7O2P/c1-2-8-6-4-9-3-5(6)7-1/h3-4,9H,1-2H2. The minimum Gasteiger partial charge on any atom is -0.486 e. The van der Waals surface area contributed by atoms with Gasteiger partial charge in [0, 0.05) is 11.6 Å². The minimum absolute atomic E-state index is 0.702. The quantitative estimate of drug-likeness (QED) is 0.546. The Labute approximate surface area is 54.9 Å². The van der Waals surface area contributed by atoms with Crippen molar-refractivity contribution in [3.8, 4) is 11.5 Å². The fraction of sp³-hybridized carbons (Fsp3) is 0.333. The van der Waals surface area contributed by atoms with Gasteiger partial charge in [-0.2, -0.15) is 0 Å². The topological polar surface area (TPSA) is 18.5 Å². The summed E-state index contributed by atoms with van der Waals surface area (Å²) in [4.78, 5) is 0. The van der Waals surface area contributed by atoms with Gasteiger partial charge in [-0.1, -0.05) is 0 Å². The fourth-order valence-electron chi connectivity index (χ4n) is 0.864. The molecule has 0 saturated carbocycles. The van der Waals surface area contributed by atoms with Gasteiger partial charge in [-0.3, -0.25) is 0 Å². The van der Waals surface area contributed by atoms with E-state index in [1.807, 2.05) is 0 Å². The zero-order chi connectivity index (χ0) is 6.10. The molecule has 48 valence electrons. The molecule has 1 aliphatic rings. The molecule has 0 radical (unpaired) electrons. The van der Waals surface area contributed by atoms with E-state index in [0.717, 1.165) is 19.7 Å². The van der Waals surface area contributed by atoms with Crippen LogP contribution in [0, 0.1) is 0 Å². The monoisotopic (exact) mass is 142 g/mol. The summed E-state index contributed by atoms with van der Waals surface area (Å²) in [5, 5.41) is 0. The molecule has 2 heterocycles. The molecular formula is C6H7O2P. The fourth-order valence-corrected chi connectivity index (χ4v) is 1.70. The second-order valence-electron chi connectivity index (χ2n) is 1.88. The lowest BCUT2D eigenvalue weighted by molar-refractivity contribution is 0.173. The molecule has 2 nitrogen and oxygen atoms in total. The summed E-state index contributed by atoms with van der Waals surface area (Å²) in [6, 6.07) is 0. The van der Waals surface area contributed by atoms with Crippen molar-refractivity contribution in [3.63, 3.8) is 0 Å². The number of fused-ring (bicyclic) bond motifs is 1. The lowest BCUT2D eigenvalue weighted by Crippen LogP contribution is -2.13. The SMILES string of the molecule is c1[pH]cc2c1OCCO2. The highest BCUT2D eigenvalue weighted by atomic mass is 31.0. The van der Waals surface area contributed by atoms with E-state index in [1.54, 1.807) is 0 Å². The second kappa shape index (κ2) is 1.96. The van der Waals surface area contributed by atoms with E-state index in [2.05, 4.69) is 11.6 Å². The third kappa shape index (κ3) is 0.796. The predicted molar refractivity (Wildman–Crippen MR) is 36.9 cm³/mol. The maximum atomic E-state index is 5.28. The van der Waals surface area contributed by atoms with Crippen molar-refractivity contribution in [2.75, 3.05) is 13.2 Å². The Balaban J connectivity index is 2.39. The molecule has 0 bridgehead atoms. The molecule has 3 heteroatoms. The Morgan fingerprint density at radius 3 is 2.22 bits per heavy atom. The molecule has 0 aromatic carbocycles. The average Bonchev–Trinajstić information content (AvgIpc) is 2.33. The first kappa shape index (κ1) is 5.19. The van der Waals surface area contributed by atoms with Crippen LogP contribution >= 0.6 is 8.19 Å². The van der Waals surface area contributed by atoms with Crippen molar-refractivity contribution in [2.24, 2.45) is 0 Å². The molecule has 0 atom stereocenters. The molecule has 1 aliphatic heterocycles. The first-order chi connectivity index (χ1) is 4.47. The van der Waals surface area contributed by atoms with E-state index in [1.165, 1.54) is 0 Å². The smallest absolute Gasteiger partial charge is 0.165 e. The molecular weight excluding hydrogens is 135 g/mol. The molecule has 0 unspecified atom stereocenters.